The van der Waals surface area contributed by atoms with Gasteiger partial charge in [0.1, 0.15) is 0 Å². The van der Waals surface area contributed by atoms with Crippen LogP contribution in [0.25, 0.3) is 11.0 Å². The van der Waals surface area contributed by atoms with Gasteiger partial charge in [-0.25, -0.2) is 14.8 Å². The van der Waals surface area contributed by atoms with Crippen molar-refractivity contribution in [2.24, 2.45) is 0 Å². The lowest BCUT2D eigenvalue weighted by Gasteiger charge is -2.28. The number of pyridine rings is 2. The van der Waals surface area contributed by atoms with E-state index in [1.165, 1.54) is 0 Å². The molecule has 0 saturated heterocycles. The molecule has 3 heterocycles. The molecule has 0 fully saturated rings. The van der Waals surface area contributed by atoms with Crippen LogP contribution in [0.3, 0.4) is 0 Å². The lowest BCUT2D eigenvalue weighted by Crippen LogP contribution is -2.39. The third-order valence-electron chi connectivity index (χ3n) is 4.35. The monoisotopic (exact) mass is 350 g/mol. The average molecular weight is 350 g/mol. The van der Waals surface area contributed by atoms with Gasteiger partial charge < -0.3 is 10.2 Å². The highest BCUT2D eigenvalue weighted by Crippen LogP contribution is 2.23. The fraction of sp³-hybridized carbons (Fsp3) is 0.211. The molecule has 0 aliphatic carbocycles. The van der Waals surface area contributed by atoms with Crippen LogP contribution in [0.15, 0.2) is 53.6 Å². The summed E-state index contributed by atoms with van der Waals surface area (Å²) in [5.41, 5.74) is 3.73. The van der Waals surface area contributed by atoms with Gasteiger partial charge in [-0.2, -0.15) is 0 Å². The summed E-state index contributed by atoms with van der Waals surface area (Å²) in [5.74, 6) is 0. The van der Waals surface area contributed by atoms with Crippen molar-refractivity contribution in [2.45, 2.75) is 17.9 Å². The fourth-order valence-corrected chi connectivity index (χ4v) is 3.50. The molecule has 5 nitrogen and oxygen atoms in total. The quantitative estimate of drug-likeness (QED) is 0.711. The van der Waals surface area contributed by atoms with E-state index in [1.807, 2.05) is 47.6 Å². The molecule has 126 valence electrons. The largest absolute Gasteiger partial charge is 0.322 e. The molecule has 1 aliphatic rings. The Morgan fingerprint density at radius 3 is 3.04 bits per heavy atom. The Morgan fingerprint density at radius 2 is 2.16 bits per heavy atom. The number of carbonyl (C=O) groups excluding carboxylic acids is 1. The van der Waals surface area contributed by atoms with Crippen molar-refractivity contribution in [2.75, 3.05) is 18.1 Å². The number of nitrogens with zero attached hydrogens (tertiary/aromatic N) is 3. The number of fused-ring (bicyclic) bond motifs is 2. The van der Waals surface area contributed by atoms with Crippen molar-refractivity contribution < 1.29 is 4.79 Å². The molecule has 0 radical (unpaired) electrons. The number of rotatable bonds is 2. The molecular weight excluding hydrogens is 332 g/mol. The molecule has 3 aromatic rings. The normalized spacial score (nSPS) is 13.6. The first-order valence-corrected chi connectivity index (χ1v) is 9.39. The van der Waals surface area contributed by atoms with Crippen molar-refractivity contribution >= 4 is 34.5 Å². The van der Waals surface area contributed by atoms with Crippen molar-refractivity contribution in [3.63, 3.8) is 0 Å². The molecule has 25 heavy (non-hydrogen) atoms. The molecule has 0 saturated carbocycles. The molecule has 1 N–H and O–H groups in total. The van der Waals surface area contributed by atoms with E-state index in [0.717, 1.165) is 39.3 Å². The Hall–Kier alpha value is -2.60. The summed E-state index contributed by atoms with van der Waals surface area (Å²) in [7, 11) is 0. The van der Waals surface area contributed by atoms with E-state index >= 15 is 0 Å². The van der Waals surface area contributed by atoms with Gasteiger partial charge in [-0.15, -0.1) is 11.8 Å². The second-order valence-electron chi connectivity index (χ2n) is 5.98. The van der Waals surface area contributed by atoms with E-state index in [4.69, 9.17) is 0 Å². The van der Waals surface area contributed by atoms with Crippen LogP contribution >= 0.6 is 11.8 Å². The van der Waals surface area contributed by atoms with Crippen LogP contribution in [0.4, 0.5) is 10.5 Å². The number of aromatic nitrogens is 2. The summed E-state index contributed by atoms with van der Waals surface area (Å²) in [5, 5.41) is 4.01. The van der Waals surface area contributed by atoms with Gasteiger partial charge in [0, 0.05) is 47.4 Å². The van der Waals surface area contributed by atoms with Gasteiger partial charge >= 0.3 is 6.03 Å². The topological polar surface area (TPSA) is 58.1 Å². The lowest BCUT2D eigenvalue weighted by atomic mass is 10.0. The van der Waals surface area contributed by atoms with Gasteiger partial charge in [0.05, 0.1) is 0 Å². The summed E-state index contributed by atoms with van der Waals surface area (Å²) in [6, 6.07) is 13.8. The maximum atomic E-state index is 12.6. The minimum absolute atomic E-state index is 0.0739. The van der Waals surface area contributed by atoms with Crippen LogP contribution in [0, 0.1) is 0 Å². The van der Waals surface area contributed by atoms with Gasteiger partial charge in [-0.1, -0.05) is 6.07 Å². The van der Waals surface area contributed by atoms with Gasteiger partial charge in [-0.05, 0) is 48.2 Å². The molecule has 4 rings (SSSR count). The maximum absolute atomic E-state index is 12.6. The Balaban J connectivity index is 1.53. The molecule has 2 amide bonds. The molecule has 0 spiro atoms. The smallest absolute Gasteiger partial charge is 0.320 e. The van der Waals surface area contributed by atoms with Gasteiger partial charge in [0.15, 0.2) is 5.65 Å². The van der Waals surface area contributed by atoms with E-state index in [2.05, 4.69) is 21.4 Å². The Kier molecular flexibility index (Phi) is 4.28. The first-order valence-electron chi connectivity index (χ1n) is 8.16. The number of anilines is 1. The van der Waals surface area contributed by atoms with E-state index in [0.29, 0.717) is 13.1 Å². The first-order chi connectivity index (χ1) is 12.2. The van der Waals surface area contributed by atoms with Crippen LogP contribution < -0.4 is 5.32 Å². The summed E-state index contributed by atoms with van der Waals surface area (Å²) in [6.45, 7) is 1.23. The molecule has 0 atom stereocenters. The molecule has 0 bridgehead atoms. The Morgan fingerprint density at radius 1 is 1.24 bits per heavy atom. The van der Waals surface area contributed by atoms with E-state index in [1.54, 1.807) is 18.0 Å². The van der Waals surface area contributed by atoms with Gasteiger partial charge in [-0.3, -0.25) is 0 Å². The summed E-state index contributed by atoms with van der Waals surface area (Å²) in [6.07, 6.45) is 4.53. The van der Waals surface area contributed by atoms with Crippen LogP contribution in [0.5, 0.6) is 0 Å². The Labute approximate surface area is 150 Å². The SMILES string of the molecule is CSc1cccc(NC(=O)N2CCc3nc4ncccc4cc3C2)c1. The van der Waals surface area contributed by atoms with E-state index in [-0.39, 0.29) is 6.03 Å². The number of hydrogen-bond acceptors (Lipinski definition) is 4. The van der Waals surface area contributed by atoms with Crippen LogP contribution in [-0.2, 0) is 13.0 Å². The first kappa shape index (κ1) is 15.9. The van der Waals surface area contributed by atoms with E-state index < -0.39 is 0 Å². The average Bonchev–Trinajstić information content (AvgIpc) is 2.66. The van der Waals surface area contributed by atoms with Crippen LogP contribution in [0.1, 0.15) is 11.3 Å². The molecule has 1 aromatic carbocycles. The Bertz CT molecular complexity index is 944. The number of thioether (sulfide) groups is 1. The number of urea groups is 1. The zero-order valence-electron chi connectivity index (χ0n) is 13.9. The van der Waals surface area contributed by atoms with Crippen LogP contribution in [0.2, 0.25) is 0 Å². The molecule has 0 unspecified atom stereocenters. The van der Waals surface area contributed by atoms with Gasteiger partial charge in [0.25, 0.3) is 0 Å². The lowest BCUT2D eigenvalue weighted by molar-refractivity contribution is 0.206. The zero-order valence-corrected chi connectivity index (χ0v) is 14.7. The summed E-state index contributed by atoms with van der Waals surface area (Å²) in [4.78, 5) is 24.5. The highest BCUT2D eigenvalue weighted by Gasteiger charge is 2.22. The maximum Gasteiger partial charge on any atom is 0.322 e. The van der Waals surface area contributed by atoms with Crippen molar-refractivity contribution in [3.8, 4) is 0 Å². The second-order valence-corrected chi connectivity index (χ2v) is 6.86. The number of amides is 2. The van der Waals surface area contributed by atoms with Crippen LogP contribution in [-0.4, -0.2) is 33.7 Å². The second kappa shape index (κ2) is 6.72. The summed E-state index contributed by atoms with van der Waals surface area (Å²) < 4.78 is 0. The number of carbonyl (C=O) groups is 1. The van der Waals surface area contributed by atoms with Crippen molar-refractivity contribution in [1.29, 1.82) is 0 Å². The zero-order chi connectivity index (χ0) is 17.2. The minimum Gasteiger partial charge on any atom is -0.320 e. The molecule has 6 heteroatoms. The number of hydrogen-bond donors (Lipinski definition) is 1. The number of benzene rings is 1. The van der Waals surface area contributed by atoms with E-state index in [9.17, 15) is 4.79 Å². The van der Waals surface area contributed by atoms with Crippen molar-refractivity contribution in [1.82, 2.24) is 14.9 Å². The molecule has 2 aromatic heterocycles. The van der Waals surface area contributed by atoms with Crippen molar-refractivity contribution in [3.05, 3.63) is 59.9 Å². The van der Waals surface area contributed by atoms with Gasteiger partial charge in [0.2, 0.25) is 0 Å². The fourth-order valence-electron chi connectivity index (χ4n) is 3.04. The third kappa shape index (κ3) is 3.30. The molecule has 1 aliphatic heterocycles. The highest BCUT2D eigenvalue weighted by molar-refractivity contribution is 7.98. The minimum atomic E-state index is -0.0739. The molecular formula is C19H18N4OS. The predicted octanol–water partition coefficient (Wildman–Crippen LogP) is 3.94. The summed E-state index contributed by atoms with van der Waals surface area (Å²) >= 11 is 1.66. The number of nitrogens with one attached hydrogen (secondary N) is 1. The highest BCUT2D eigenvalue weighted by atomic mass is 32.2. The predicted molar refractivity (Wildman–Crippen MR) is 101 cm³/mol. The standard InChI is InChI=1S/C19H18N4OS/c1-25-16-6-2-5-15(11-16)21-19(24)23-9-7-17-14(12-23)10-13-4-3-8-20-18(13)22-17/h2-6,8,10-11H,7,9,12H2,1H3,(H,21,24). The third-order valence-corrected chi connectivity index (χ3v) is 5.07.